The number of hydrogen-bond donors (Lipinski definition) is 1. The number of aryl methyl sites for hydroxylation is 1. The van der Waals surface area contributed by atoms with Gasteiger partial charge >= 0.3 is 0 Å². The molecule has 1 heterocycles. The van der Waals surface area contributed by atoms with E-state index in [4.69, 9.17) is 21.1 Å². The van der Waals surface area contributed by atoms with Crippen molar-refractivity contribution in [1.82, 2.24) is 0 Å². The Morgan fingerprint density at radius 3 is 2.42 bits per heavy atom. The lowest BCUT2D eigenvalue weighted by Crippen LogP contribution is -2.38. The molecular formula is C23H20ClFN2O5S. The van der Waals surface area contributed by atoms with E-state index in [0.29, 0.717) is 35.4 Å². The molecule has 33 heavy (non-hydrogen) atoms. The molecule has 1 aliphatic heterocycles. The first kappa shape index (κ1) is 22.9. The number of fused-ring (bicyclic) bond motifs is 1. The van der Waals surface area contributed by atoms with Crippen LogP contribution in [-0.2, 0) is 14.8 Å². The number of hydrogen-bond acceptors (Lipinski definition) is 5. The van der Waals surface area contributed by atoms with Crippen molar-refractivity contribution >= 4 is 38.9 Å². The molecule has 1 aliphatic rings. The summed E-state index contributed by atoms with van der Waals surface area (Å²) < 4.78 is 52.4. The average molecular weight is 491 g/mol. The number of nitrogens with zero attached hydrogens (tertiary/aromatic N) is 1. The molecule has 10 heteroatoms. The third-order valence-electron chi connectivity index (χ3n) is 4.97. The van der Waals surface area contributed by atoms with Crippen LogP contribution in [-0.4, -0.2) is 34.1 Å². The van der Waals surface area contributed by atoms with Gasteiger partial charge in [-0.2, -0.15) is 0 Å². The first-order chi connectivity index (χ1) is 15.7. The van der Waals surface area contributed by atoms with E-state index in [1.165, 1.54) is 30.3 Å². The van der Waals surface area contributed by atoms with Crippen LogP contribution in [0.2, 0.25) is 5.02 Å². The highest BCUT2D eigenvalue weighted by atomic mass is 35.5. The quantitative estimate of drug-likeness (QED) is 0.554. The number of rotatable bonds is 6. The number of amides is 1. The van der Waals surface area contributed by atoms with E-state index in [-0.39, 0.29) is 10.6 Å². The zero-order valence-electron chi connectivity index (χ0n) is 17.5. The van der Waals surface area contributed by atoms with E-state index in [1.807, 2.05) is 0 Å². The first-order valence-corrected chi connectivity index (χ1v) is 11.8. The molecule has 0 atom stereocenters. The van der Waals surface area contributed by atoms with Crippen molar-refractivity contribution in [2.24, 2.45) is 0 Å². The molecule has 172 valence electrons. The second-order valence-electron chi connectivity index (χ2n) is 7.30. The molecule has 7 nitrogen and oxygen atoms in total. The smallest absolute Gasteiger partial charge is 0.264 e. The van der Waals surface area contributed by atoms with Crippen molar-refractivity contribution < 1.29 is 27.1 Å². The van der Waals surface area contributed by atoms with Crippen LogP contribution in [0, 0.1) is 12.7 Å². The summed E-state index contributed by atoms with van der Waals surface area (Å²) in [5.74, 6) is -0.380. The number of benzene rings is 3. The lowest BCUT2D eigenvalue weighted by atomic mass is 10.2. The number of carbonyl (C=O) groups is 1. The first-order valence-electron chi connectivity index (χ1n) is 9.98. The fraction of sp³-hybridized carbons (Fsp3) is 0.174. The monoisotopic (exact) mass is 490 g/mol. The van der Waals surface area contributed by atoms with Gasteiger partial charge in [-0.15, -0.1) is 0 Å². The van der Waals surface area contributed by atoms with Crippen LogP contribution in [0.25, 0.3) is 0 Å². The Balaban J connectivity index is 1.67. The Hall–Kier alpha value is -3.30. The van der Waals surface area contributed by atoms with E-state index >= 15 is 0 Å². The second kappa shape index (κ2) is 9.29. The molecule has 0 aliphatic carbocycles. The molecule has 0 radical (unpaired) electrons. The lowest BCUT2D eigenvalue weighted by molar-refractivity contribution is -0.114. The molecule has 0 spiro atoms. The maximum Gasteiger partial charge on any atom is 0.264 e. The van der Waals surface area contributed by atoms with Crippen LogP contribution in [0.1, 0.15) is 5.56 Å². The van der Waals surface area contributed by atoms with Crippen LogP contribution in [0.5, 0.6) is 11.5 Å². The van der Waals surface area contributed by atoms with Crippen molar-refractivity contribution in [3.05, 3.63) is 77.1 Å². The van der Waals surface area contributed by atoms with E-state index in [2.05, 4.69) is 5.32 Å². The van der Waals surface area contributed by atoms with E-state index in [0.717, 1.165) is 22.0 Å². The fourth-order valence-electron chi connectivity index (χ4n) is 3.32. The summed E-state index contributed by atoms with van der Waals surface area (Å²) >= 11 is 5.96. The molecule has 3 aromatic rings. The molecular weight excluding hydrogens is 471 g/mol. The topological polar surface area (TPSA) is 84.9 Å². The van der Waals surface area contributed by atoms with Gasteiger partial charge in [-0.25, -0.2) is 12.8 Å². The van der Waals surface area contributed by atoms with Gasteiger partial charge < -0.3 is 14.8 Å². The average Bonchev–Trinajstić information content (AvgIpc) is 2.79. The number of carbonyl (C=O) groups excluding carboxylic acids is 1. The zero-order valence-corrected chi connectivity index (χ0v) is 19.1. The van der Waals surface area contributed by atoms with Crippen molar-refractivity contribution in [3.8, 4) is 11.5 Å². The Morgan fingerprint density at radius 1 is 1.03 bits per heavy atom. The minimum atomic E-state index is -4.21. The molecule has 0 fully saturated rings. The van der Waals surface area contributed by atoms with E-state index < -0.39 is 28.3 Å². The van der Waals surface area contributed by atoms with Crippen LogP contribution in [0.15, 0.2) is 65.6 Å². The number of sulfonamides is 1. The molecule has 1 amide bonds. The van der Waals surface area contributed by atoms with Gasteiger partial charge in [0.15, 0.2) is 11.5 Å². The van der Waals surface area contributed by atoms with Gasteiger partial charge in [0.25, 0.3) is 10.0 Å². The molecule has 0 saturated heterocycles. The Kier molecular flexibility index (Phi) is 6.44. The van der Waals surface area contributed by atoms with Crippen molar-refractivity contribution in [2.45, 2.75) is 11.8 Å². The number of ether oxygens (including phenoxy) is 2. The standard InChI is InChI=1S/C23H20ClFN2O5S/c1-15-12-16(24)2-8-20(15)26-23(28)14-27(18-5-3-17(25)4-6-18)33(29,30)19-7-9-21-22(13-19)32-11-10-31-21/h2-9,12-13H,10-11,14H2,1H3,(H,26,28). The fourth-order valence-corrected chi connectivity index (χ4v) is 4.98. The van der Waals surface area contributed by atoms with Gasteiger partial charge in [0, 0.05) is 16.8 Å². The molecule has 0 bridgehead atoms. The summed E-state index contributed by atoms with van der Waals surface area (Å²) in [6.07, 6.45) is 0. The number of nitrogens with one attached hydrogen (secondary N) is 1. The highest BCUT2D eigenvalue weighted by Crippen LogP contribution is 2.34. The normalized spacial score (nSPS) is 12.8. The molecule has 4 rings (SSSR count). The third kappa shape index (κ3) is 5.04. The van der Waals surface area contributed by atoms with Crippen LogP contribution < -0.4 is 19.1 Å². The maximum absolute atomic E-state index is 13.5. The highest BCUT2D eigenvalue weighted by Gasteiger charge is 2.29. The predicted octanol–water partition coefficient (Wildman–Crippen LogP) is 4.39. The molecule has 0 saturated carbocycles. The zero-order chi connectivity index (χ0) is 23.6. The maximum atomic E-state index is 13.5. The van der Waals surface area contributed by atoms with Gasteiger partial charge in [0.1, 0.15) is 25.6 Å². The summed E-state index contributed by atoms with van der Waals surface area (Å²) in [5, 5.41) is 3.21. The minimum absolute atomic E-state index is 0.0912. The Morgan fingerprint density at radius 2 is 1.73 bits per heavy atom. The van der Waals surface area contributed by atoms with Gasteiger partial charge in [0.2, 0.25) is 5.91 Å². The SMILES string of the molecule is Cc1cc(Cl)ccc1NC(=O)CN(c1ccc(F)cc1)S(=O)(=O)c1ccc2c(c1)OCCO2. The summed E-state index contributed by atoms with van der Waals surface area (Å²) in [4.78, 5) is 12.8. The van der Waals surface area contributed by atoms with Gasteiger partial charge in [-0.05, 0) is 67.1 Å². The van der Waals surface area contributed by atoms with Crippen molar-refractivity contribution in [1.29, 1.82) is 0 Å². The predicted molar refractivity (Wildman–Crippen MR) is 123 cm³/mol. The highest BCUT2D eigenvalue weighted by molar-refractivity contribution is 7.92. The van der Waals surface area contributed by atoms with Crippen molar-refractivity contribution in [2.75, 3.05) is 29.4 Å². The molecule has 0 aromatic heterocycles. The molecule has 3 aromatic carbocycles. The van der Waals surface area contributed by atoms with Gasteiger partial charge in [0.05, 0.1) is 10.6 Å². The van der Waals surface area contributed by atoms with Crippen molar-refractivity contribution in [3.63, 3.8) is 0 Å². The van der Waals surface area contributed by atoms with E-state index in [9.17, 15) is 17.6 Å². The van der Waals surface area contributed by atoms with Gasteiger partial charge in [-0.3, -0.25) is 9.10 Å². The lowest BCUT2D eigenvalue weighted by Gasteiger charge is -2.25. The minimum Gasteiger partial charge on any atom is -0.486 e. The van der Waals surface area contributed by atoms with Crippen LogP contribution >= 0.6 is 11.6 Å². The largest absolute Gasteiger partial charge is 0.486 e. The number of anilines is 2. The second-order valence-corrected chi connectivity index (χ2v) is 9.60. The van der Waals surface area contributed by atoms with Crippen LogP contribution in [0.4, 0.5) is 15.8 Å². The van der Waals surface area contributed by atoms with Gasteiger partial charge in [-0.1, -0.05) is 11.6 Å². The Labute approximate surface area is 195 Å². The Bertz CT molecular complexity index is 1300. The van der Waals surface area contributed by atoms with E-state index in [1.54, 1.807) is 25.1 Å². The third-order valence-corrected chi connectivity index (χ3v) is 6.97. The summed E-state index contributed by atoms with van der Waals surface area (Å²) in [6.45, 7) is 1.89. The summed E-state index contributed by atoms with van der Waals surface area (Å²) in [5.41, 5.74) is 1.35. The molecule has 1 N–H and O–H groups in total. The molecule has 0 unspecified atom stereocenters. The summed E-state index contributed by atoms with van der Waals surface area (Å²) in [7, 11) is -4.21. The summed E-state index contributed by atoms with van der Waals surface area (Å²) in [6, 6.07) is 14.0. The van der Waals surface area contributed by atoms with Crippen LogP contribution in [0.3, 0.4) is 0 Å². The number of halogens is 2.